The Labute approximate surface area is 85.5 Å². The van der Waals surface area contributed by atoms with Crippen LogP contribution in [0.15, 0.2) is 12.4 Å². The van der Waals surface area contributed by atoms with Gasteiger partial charge >= 0.3 is 0 Å². The molecule has 1 aliphatic heterocycles. The van der Waals surface area contributed by atoms with Crippen molar-refractivity contribution in [2.45, 2.75) is 45.2 Å². The molecule has 1 N–H and O–H groups in total. The van der Waals surface area contributed by atoms with Crippen LogP contribution in [-0.4, -0.2) is 22.4 Å². The number of rotatable bonds is 2. The molecule has 1 fully saturated rings. The molecule has 0 spiro atoms. The summed E-state index contributed by atoms with van der Waals surface area (Å²) >= 11 is 0. The van der Waals surface area contributed by atoms with Gasteiger partial charge in [-0.25, -0.2) is 0 Å². The fourth-order valence-electron chi connectivity index (χ4n) is 2.05. The average Bonchev–Trinajstić information content (AvgIpc) is 2.67. The zero-order valence-corrected chi connectivity index (χ0v) is 9.03. The predicted molar refractivity (Wildman–Crippen MR) is 57.3 cm³/mol. The first kappa shape index (κ1) is 9.71. The number of hydrogen-bond acceptors (Lipinski definition) is 2. The molecule has 3 nitrogen and oxygen atoms in total. The number of piperidine rings is 1. The van der Waals surface area contributed by atoms with Gasteiger partial charge in [-0.15, -0.1) is 0 Å². The van der Waals surface area contributed by atoms with Crippen LogP contribution in [0, 0.1) is 0 Å². The second kappa shape index (κ2) is 4.13. The molecule has 3 heteroatoms. The summed E-state index contributed by atoms with van der Waals surface area (Å²) in [6, 6.07) is 0.687. The average molecular weight is 193 g/mol. The van der Waals surface area contributed by atoms with Crippen LogP contribution >= 0.6 is 0 Å². The lowest BCUT2D eigenvalue weighted by Gasteiger charge is -2.26. The maximum Gasteiger partial charge on any atom is 0.0525 e. The van der Waals surface area contributed by atoms with E-state index in [9.17, 15) is 0 Å². The molecular weight excluding hydrogens is 174 g/mol. The van der Waals surface area contributed by atoms with Crippen LogP contribution in [0.2, 0.25) is 0 Å². The van der Waals surface area contributed by atoms with Gasteiger partial charge in [0.15, 0.2) is 0 Å². The van der Waals surface area contributed by atoms with Gasteiger partial charge in [-0.3, -0.25) is 4.68 Å². The van der Waals surface area contributed by atoms with E-state index in [4.69, 9.17) is 0 Å². The highest BCUT2D eigenvalue weighted by molar-refractivity contribution is 5.13. The first-order chi connectivity index (χ1) is 6.79. The van der Waals surface area contributed by atoms with Gasteiger partial charge in [-0.1, -0.05) is 0 Å². The van der Waals surface area contributed by atoms with E-state index in [1.165, 1.54) is 18.4 Å². The molecule has 78 valence electrons. The molecule has 2 unspecified atom stereocenters. The molecule has 0 saturated carbocycles. The van der Waals surface area contributed by atoms with Gasteiger partial charge in [0.25, 0.3) is 0 Å². The molecule has 1 aromatic rings. The molecule has 2 rings (SSSR count). The lowest BCUT2D eigenvalue weighted by atomic mass is 9.91. The van der Waals surface area contributed by atoms with Crippen molar-refractivity contribution in [3.05, 3.63) is 18.0 Å². The van der Waals surface area contributed by atoms with Crippen LogP contribution in [0.1, 0.15) is 38.2 Å². The topological polar surface area (TPSA) is 29.9 Å². The molecule has 0 amide bonds. The SMILES string of the molecule is CCn1cc(C2CCC(C)NC2)cn1. The second-order valence-corrected chi connectivity index (χ2v) is 4.21. The zero-order chi connectivity index (χ0) is 9.97. The minimum absolute atomic E-state index is 0.673. The minimum atomic E-state index is 0.673. The summed E-state index contributed by atoms with van der Waals surface area (Å²) in [5.74, 6) is 0.673. The van der Waals surface area contributed by atoms with E-state index in [1.54, 1.807) is 0 Å². The van der Waals surface area contributed by atoms with Crippen molar-refractivity contribution in [2.75, 3.05) is 6.54 Å². The Balaban J connectivity index is 2.01. The van der Waals surface area contributed by atoms with Crippen LogP contribution in [0.4, 0.5) is 0 Å². The normalized spacial score (nSPS) is 27.9. The van der Waals surface area contributed by atoms with E-state index in [1.807, 2.05) is 10.9 Å². The Morgan fingerprint density at radius 2 is 2.43 bits per heavy atom. The summed E-state index contributed by atoms with van der Waals surface area (Å²) in [5, 5.41) is 7.84. The maximum absolute atomic E-state index is 4.32. The number of nitrogens with one attached hydrogen (secondary N) is 1. The summed E-state index contributed by atoms with van der Waals surface area (Å²) in [7, 11) is 0. The number of aromatic nitrogens is 2. The first-order valence-electron chi connectivity index (χ1n) is 5.55. The Morgan fingerprint density at radius 1 is 1.57 bits per heavy atom. The Kier molecular flexibility index (Phi) is 2.87. The van der Waals surface area contributed by atoms with Crippen molar-refractivity contribution >= 4 is 0 Å². The first-order valence-corrected chi connectivity index (χ1v) is 5.55. The van der Waals surface area contributed by atoms with Gasteiger partial charge in [0, 0.05) is 25.3 Å². The lowest BCUT2D eigenvalue weighted by Crippen LogP contribution is -2.35. The van der Waals surface area contributed by atoms with Crippen LogP contribution in [0.5, 0.6) is 0 Å². The molecule has 2 heterocycles. The molecule has 1 aromatic heterocycles. The molecule has 0 aromatic carbocycles. The fourth-order valence-corrected chi connectivity index (χ4v) is 2.05. The summed E-state index contributed by atoms with van der Waals surface area (Å²) in [4.78, 5) is 0. The van der Waals surface area contributed by atoms with Crippen LogP contribution < -0.4 is 5.32 Å². The van der Waals surface area contributed by atoms with Crippen LogP contribution in [-0.2, 0) is 6.54 Å². The van der Waals surface area contributed by atoms with E-state index >= 15 is 0 Å². The van der Waals surface area contributed by atoms with Crippen molar-refractivity contribution in [3.63, 3.8) is 0 Å². The van der Waals surface area contributed by atoms with Gasteiger partial charge in [0.1, 0.15) is 0 Å². The summed E-state index contributed by atoms with van der Waals surface area (Å²) < 4.78 is 2.01. The highest BCUT2D eigenvalue weighted by Gasteiger charge is 2.19. The van der Waals surface area contributed by atoms with Crippen molar-refractivity contribution in [2.24, 2.45) is 0 Å². The monoisotopic (exact) mass is 193 g/mol. The minimum Gasteiger partial charge on any atom is -0.314 e. The molecule has 0 bridgehead atoms. The van der Waals surface area contributed by atoms with Gasteiger partial charge in [-0.2, -0.15) is 5.10 Å². The standard InChI is InChI=1S/C11H19N3/c1-3-14-8-11(7-13-14)10-5-4-9(2)12-6-10/h7-10,12H,3-6H2,1-2H3. The third-order valence-corrected chi connectivity index (χ3v) is 3.11. The van der Waals surface area contributed by atoms with E-state index in [0.717, 1.165) is 13.1 Å². The molecule has 2 atom stereocenters. The highest BCUT2D eigenvalue weighted by Crippen LogP contribution is 2.24. The number of nitrogens with zero attached hydrogens (tertiary/aromatic N) is 2. The molecule has 0 radical (unpaired) electrons. The number of aryl methyl sites for hydroxylation is 1. The van der Waals surface area contributed by atoms with Gasteiger partial charge < -0.3 is 5.32 Å². The van der Waals surface area contributed by atoms with Crippen molar-refractivity contribution in [1.29, 1.82) is 0 Å². The highest BCUT2D eigenvalue weighted by atomic mass is 15.3. The third-order valence-electron chi connectivity index (χ3n) is 3.11. The summed E-state index contributed by atoms with van der Waals surface area (Å²) in [6.45, 7) is 6.46. The van der Waals surface area contributed by atoms with Crippen molar-refractivity contribution in [1.82, 2.24) is 15.1 Å². The predicted octanol–water partition coefficient (Wildman–Crippen LogP) is 1.76. The fraction of sp³-hybridized carbons (Fsp3) is 0.727. The van der Waals surface area contributed by atoms with Crippen molar-refractivity contribution < 1.29 is 0 Å². The molecule has 0 aliphatic carbocycles. The largest absolute Gasteiger partial charge is 0.314 e. The van der Waals surface area contributed by atoms with Gasteiger partial charge in [0.2, 0.25) is 0 Å². The molecule has 1 saturated heterocycles. The van der Waals surface area contributed by atoms with E-state index in [0.29, 0.717) is 12.0 Å². The van der Waals surface area contributed by atoms with Crippen LogP contribution in [0.25, 0.3) is 0 Å². The zero-order valence-electron chi connectivity index (χ0n) is 9.03. The van der Waals surface area contributed by atoms with Crippen LogP contribution in [0.3, 0.4) is 0 Å². The lowest BCUT2D eigenvalue weighted by molar-refractivity contribution is 0.385. The Hall–Kier alpha value is -0.830. The summed E-state index contributed by atoms with van der Waals surface area (Å²) in [6.07, 6.45) is 6.78. The maximum atomic E-state index is 4.32. The third kappa shape index (κ3) is 1.98. The smallest absolute Gasteiger partial charge is 0.0525 e. The van der Waals surface area contributed by atoms with E-state index in [2.05, 4.69) is 30.5 Å². The van der Waals surface area contributed by atoms with Crippen molar-refractivity contribution in [3.8, 4) is 0 Å². The second-order valence-electron chi connectivity index (χ2n) is 4.21. The quantitative estimate of drug-likeness (QED) is 0.775. The number of hydrogen-bond donors (Lipinski definition) is 1. The van der Waals surface area contributed by atoms with Gasteiger partial charge in [-0.05, 0) is 38.2 Å². The summed E-state index contributed by atoms with van der Waals surface area (Å²) in [5.41, 5.74) is 1.39. The Bertz CT molecular complexity index is 284. The van der Waals surface area contributed by atoms with E-state index < -0.39 is 0 Å². The van der Waals surface area contributed by atoms with E-state index in [-0.39, 0.29) is 0 Å². The molecule has 14 heavy (non-hydrogen) atoms. The molecule has 1 aliphatic rings. The molecular formula is C11H19N3. The Morgan fingerprint density at radius 3 is 3.00 bits per heavy atom. The van der Waals surface area contributed by atoms with Gasteiger partial charge in [0.05, 0.1) is 6.20 Å².